The molecule has 32 heavy (non-hydrogen) atoms. The van der Waals surface area contributed by atoms with E-state index >= 15 is 0 Å². The number of carbonyl (C=O) groups excluding carboxylic acids is 1. The SMILES string of the molecule is CCCCN1Cc2c([nH]c(N(C)C)c2C(=O)OC)-c2cc(C=Cc3ccccc3)ccc21. The zero-order chi connectivity index (χ0) is 22.7. The van der Waals surface area contributed by atoms with Crippen LogP contribution in [-0.2, 0) is 11.3 Å². The number of benzene rings is 2. The summed E-state index contributed by atoms with van der Waals surface area (Å²) in [6.45, 7) is 3.84. The summed E-state index contributed by atoms with van der Waals surface area (Å²) in [5.41, 5.74) is 7.25. The Balaban J connectivity index is 1.83. The van der Waals surface area contributed by atoms with Crippen molar-refractivity contribution >= 4 is 29.6 Å². The Hall–Kier alpha value is -3.47. The molecule has 5 heteroatoms. The van der Waals surface area contributed by atoms with Gasteiger partial charge >= 0.3 is 5.97 Å². The minimum absolute atomic E-state index is 0.301. The summed E-state index contributed by atoms with van der Waals surface area (Å²) in [4.78, 5) is 20.6. The Labute approximate surface area is 190 Å². The average Bonchev–Trinajstić information content (AvgIpc) is 3.21. The molecule has 1 aliphatic rings. The molecule has 2 aromatic carbocycles. The monoisotopic (exact) mass is 429 g/mol. The molecular formula is C27H31N3O2. The van der Waals surface area contributed by atoms with E-state index in [9.17, 15) is 4.79 Å². The molecule has 0 fully saturated rings. The lowest BCUT2D eigenvalue weighted by Crippen LogP contribution is -2.28. The molecule has 0 saturated carbocycles. The van der Waals surface area contributed by atoms with Gasteiger partial charge in [-0.15, -0.1) is 0 Å². The minimum Gasteiger partial charge on any atom is -0.465 e. The van der Waals surface area contributed by atoms with E-state index in [-0.39, 0.29) is 5.97 Å². The van der Waals surface area contributed by atoms with Gasteiger partial charge in [0.15, 0.2) is 0 Å². The maximum Gasteiger partial charge on any atom is 0.341 e. The van der Waals surface area contributed by atoms with Crippen molar-refractivity contribution in [1.82, 2.24) is 4.98 Å². The molecule has 2 heterocycles. The second-order valence-corrected chi connectivity index (χ2v) is 8.38. The van der Waals surface area contributed by atoms with E-state index < -0.39 is 0 Å². The fraction of sp³-hybridized carbons (Fsp3) is 0.296. The van der Waals surface area contributed by atoms with Crippen LogP contribution in [0.25, 0.3) is 23.4 Å². The number of fused-ring (bicyclic) bond motifs is 3. The van der Waals surface area contributed by atoms with Gasteiger partial charge in [-0.05, 0) is 29.7 Å². The maximum absolute atomic E-state index is 12.7. The third-order valence-corrected chi connectivity index (χ3v) is 5.95. The van der Waals surface area contributed by atoms with Crippen LogP contribution >= 0.6 is 0 Å². The number of hydrogen-bond acceptors (Lipinski definition) is 4. The highest BCUT2D eigenvalue weighted by Crippen LogP contribution is 2.43. The highest BCUT2D eigenvalue weighted by atomic mass is 16.5. The number of hydrogen-bond donors (Lipinski definition) is 1. The Morgan fingerprint density at radius 3 is 2.56 bits per heavy atom. The summed E-state index contributed by atoms with van der Waals surface area (Å²) >= 11 is 0. The molecule has 4 rings (SSSR count). The molecule has 3 aromatic rings. The third kappa shape index (κ3) is 4.15. The number of esters is 1. The number of H-pyrrole nitrogens is 1. The van der Waals surface area contributed by atoms with E-state index in [1.807, 2.05) is 37.2 Å². The number of nitrogens with zero attached hydrogens (tertiary/aromatic N) is 2. The van der Waals surface area contributed by atoms with Gasteiger partial charge in [-0.1, -0.05) is 61.9 Å². The Morgan fingerprint density at radius 1 is 1.12 bits per heavy atom. The molecule has 0 saturated heterocycles. The van der Waals surface area contributed by atoms with Crippen LogP contribution in [0.2, 0.25) is 0 Å². The van der Waals surface area contributed by atoms with E-state index in [2.05, 4.69) is 59.3 Å². The van der Waals surface area contributed by atoms with Crippen LogP contribution < -0.4 is 9.80 Å². The van der Waals surface area contributed by atoms with Crippen molar-refractivity contribution in [3.63, 3.8) is 0 Å². The number of rotatable bonds is 7. The Bertz CT molecular complexity index is 1130. The molecule has 0 spiro atoms. The van der Waals surface area contributed by atoms with Crippen molar-refractivity contribution in [3.05, 3.63) is 70.8 Å². The number of nitrogens with one attached hydrogen (secondary N) is 1. The van der Waals surface area contributed by atoms with E-state index in [4.69, 9.17) is 4.74 Å². The normalized spacial score (nSPS) is 12.6. The standard InChI is InChI=1S/C27H31N3O2/c1-5-6-16-30-18-22-24(27(31)32-4)26(29(2)3)28-25(22)21-17-20(14-15-23(21)30)13-12-19-10-8-7-9-11-19/h7-15,17,28H,5-6,16,18H2,1-4H3. The molecule has 0 amide bonds. The lowest BCUT2D eigenvalue weighted by Gasteiger charge is -2.32. The number of unbranched alkanes of at least 4 members (excludes halogenated alkanes) is 1. The molecule has 1 aromatic heterocycles. The zero-order valence-electron chi connectivity index (χ0n) is 19.3. The van der Waals surface area contributed by atoms with Crippen LogP contribution in [0.3, 0.4) is 0 Å². The van der Waals surface area contributed by atoms with Crippen LogP contribution in [0, 0.1) is 0 Å². The number of methoxy groups -OCH3 is 1. The first kappa shape index (κ1) is 21.8. The van der Waals surface area contributed by atoms with Gasteiger partial charge in [-0.3, -0.25) is 0 Å². The van der Waals surface area contributed by atoms with Gasteiger partial charge in [0.25, 0.3) is 0 Å². The summed E-state index contributed by atoms with van der Waals surface area (Å²) in [5, 5.41) is 0. The summed E-state index contributed by atoms with van der Waals surface area (Å²) in [7, 11) is 5.33. The molecule has 0 radical (unpaired) electrons. The summed E-state index contributed by atoms with van der Waals surface area (Å²) in [6.07, 6.45) is 6.48. The quantitative estimate of drug-likeness (QED) is 0.379. The summed E-state index contributed by atoms with van der Waals surface area (Å²) in [5.74, 6) is 0.487. The van der Waals surface area contributed by atoms with Crippen LogP contribution in [-0.4, -0.2) is 38.7 Å². The largest absolute Gasteiger partial charge is 0.465 e. The van der Waals surface area contributed by atoms with Gasteiger partial charge < -0.3 is 19.5 Å². The van der Waals surface area contributed by atoms with E-state index in [0.29, 0.717) is 12.1 Å². The fourth-order valence-electron chi connectivity index (χ4n) is 4.28. The predicted octanol–water partition coefficient (Wildman–Crippen LogP) is 5.82. The Morgan fingerprint density at radius 2 is 1.88 bits per heavy atom. The van der Waals surface area contributed by atoms with Gasteiger partial charge in [-0.2, -0.15) is 0 Å². The highest BCUT2D eigenvalue weighted by molar-refractivity contribution is 6.01. The van der Waals surface area contributed by atoms with Crippen LogP contribution in [0.4, 0.5) is 11.5 Å². The van der Waals surface area contributed by atoms with Crippen molar-refractivity contribution < 1.29 is 9.53 Å². The van der Waals surface area contributed by atoms with Crippen molar-refractivity contribution in [1.29, 1.82) is 0 Å². The fourth-order valence-corrected chi connectivity index (χ4v) is 4.28. The van der Waals surface area contributed by atoms with Crippen molar-refractivity contribution in [2.45, 2.75) is 26.3 Å². The molecular weight excluding hydrogens is 398 g/mol. The molecule has 1 aliphatic heterocycles. The van der Waals surface area contributed by atoms with Crippen LogP contribution in [0.15, 0.2) is 48.5 Å². The van der Waals surface area contributed by atoms with Crippen LogP contribution in [0.5, 0.6) is 0 Å². The minimum atomic E-state index is -0.301. The smallest absolute Gasteiger partial charge is 0.341 e. The lowest BCUT2D eigenvalue weighted by molar-refractivity contribution is 0.0600. The Kier molecular flexibility index (Phi) is 6.35. The van der Waals surface area contributed by atoms with Crippen molar-refractivity contribution in [2.24, 2.45) is 0 Å². The first-order valence-corrected chi connectivity index (χ1v) is 11.2. The zero-order valence-corrected chi connectivity index (χ0v) is 19.3. The molecule has 5 nitrogen and oxygen atoms in total. The number of anilines is 2. The van der Waals surface area contributed by atoms with Crippen molar-refractivity contribution in [3.8, 4) is 11.3 Å². The summed E-state index contributed by atoms with van der Waals surface area (Å²) in [6, 6.07) is 16.9. The highest BCUT2D eigenvalue weighted by Gasteiger charge is 2.32. The molecule has 0 bridgehead atoms. The molecule has 0 aliphatic carbocycles. The van der Waals surface area contributed by atoms with Gasteiger partial charge in [0, 0.05) is 44.0 Å². The number of ether oxygens (including phenoxy) is 1. The van der Waals surface area contributed by atoms with E-state index in [1.54, 1.807) is 0 Å². The second-order valence-electron chi connectivity index (χ2n) is 8.38. The van der Waals surface area contributed by atoms with E-state index in [1.165, 1.54) is 18.4 Å². The average molecular weight is 430 g/mol. The second kappa shape index (κ2) is 9.35. The van der Waals surface area contributed by atoms with Crippen molar-refractivity contribution in [2.75, 3.05) is 37.5 Å². The molecule has 0 atom stereocenters. The number of carbonyl (C=O) groups is 1. The molecule has 0 unspecified atom stereocenters. The molecule has 1 N–H and O–H groups in total. The summed E-state index contributed by atoms with van der Waals surface area (Å²) < 4.78 is 5.15. The van der Waals surface area contributed by atoms with Gasteiger partial charge in [-0.25, -0.2) is 4.79 Å². The third-order valence-electron chi connectivity index (χ3n) is 5.95. The molecule has 166 valence electrons. The van der Waals surface area contributed by atoms with Crippen LogP contribution in [0.1, 0.15) is 46.8 Å². The van der Waals surface area contributed by atoms with Gasteiger partial charge in [0.1, 0.15) is 11.4 Å². The van der Waals surface area contributed by atoms with Gasteiger partial charge in [0.05, 0.1) is 12.8 Å². The number of aromatic nitrogens is 1. The van der Waals surface area contributed by atoms with Gasteiger partial charge in [0.2, 0.25) is 0 Å². The topological polar surface area (TPSA) is 48.6 Å². The first-order valence-electron chi connectivity index (χ1n) is 11.2. The lowest BCUT2D eigenvalue weighted by atomic mass is 9.95. The number of aromatic amines is 1. The predicted molar refractivity (Wildman–Crippen MR) is 133 cm³/mol. The van der Waals surface area contributed by atoms with E-state index in [0.717, 1.165) is 47.6 Å². The maximum atomic E-state index is 12.7. The first-order chi connectivity index (χ1) is 15.5.